The zero-order valence-corrected chi connectivity index (χ0v) is 14.7. The lowest BCUT2D eigenvalue weighted by molar-refractivity contribution is -0.384. The molecule has 2 aromatic heterocycles. The van der Waals surface area contributed by atoms with Crippen molar-refractivity contribution in [2.24, 2.45) is 0 Å². The third-order valence-electron chi connectivity index (χ3n) is 4.02. The van der Waals surface area contributed by atoms with Gasteiger partial charge >= 0.3 is 0 Å². The first kappa shape index (κ1) is 18.2. The van der Waals surface area contributed by atoms with Crippen LogP contribution in [-0.4, -0.2) is 35.4 Å². The minimum atomic E-state index is -0.516. The predicted octanol–water partition coefficient (Wildman–Crippen LogP) is 3.43. The first-order valence-electron chi connectivity index (χ1n) is 8.09. The zero-order valence-electron chi connectivity index (χ0n) is 14.7. The zero-order chi connectivity index (χ0) is 19.4. The third kappa shape index (κ3) is 3.80. The van der Waals surface area contributed by atoms with Crippen LogP contribution in [0.5, 0.6) is 0 Å². The number of hydrogen-bond acceptors (Lipinski definition) is 8. The molecule has 0 radical (unpaired) electrons. The second-order valence-electron chi connectivity index (χ2n) is 5.96. The van der Waals surface area contributed by atoms with Crippen LogP contribution in [0.4, 0.5) is 11.6 Å². The molecule has 1 atom stereocenters. The normalized spacial score (nSPS) is 11.9. The average molecular weight is 367 g/mol. The van der Waals surface area contributed by atoms with E-state index in [1.54, 1.807) is 24.5 Å². The van der Waals surface area contributed by atoms with Crippen LogP contribution in [-0.2, 0) is 0 Å². The number of benzene rings is 1. The van der Waals surface area contributed by atoms with E-state index in [4.69, 9.17) is 8.83 Å². The third-order valence-corrected chi connectivity index (χ3v) is 4.02. The molecule has 2 heterocycles. The summed E-state index contributed by atoms with van der Waals surface area (Å²) in [4.78, 5) is 16.8. The maximum Gasteiger partial charge on any atom is 0.282 e. The van der Waals surface area contributed by atoms with Crippen molar-refractivity contribution >= 4 is 11.6 Å². The Morgan fingerprint density at radius 3 is 2.74 bits per heavy atom. The van der Waals surface area contributed by atoms with Crippen LogP contribution < -0.4 is 5.32 Å². The highest BCUT2D eigenvalue weighted by molar-refractivity contribution is 5.68. The number of nitrogens with zero attached hydrogens (tertiary/aromatic N) is 4. The maximum atomic E-state index is 11.2. The van der Waals surface area contributed by atoms with Gasteiger partial charge in [0.25, 0.3) is 5.69 Å². The molecule has 0 aliphatic rings. The number of para-hydroxylation sites is 1. The minimum Gasteiger partial charge on any atom is -0.468 e. The average Bonchev–Trinajstić information content (AvgIpc) is 3.31. The molecule has 3 aromatic rings. The molecule has 1 unspecified atom stereocenters. The Morgan fingerprint density at radius 2 is 2.11 bits per heavy atom. The van der Waals surface area contributed by atoms with Crippen LogP contribution >= 0.6 is 0 Å². The number of nitrogens with one attached hydrogen (secondary N) is 1. The van der Waals surface area contributed by atoms with E-state index in [0.717, 1.165) is 5.76 Å². The van der Waals surface area contributed by atoms with Crippen molar-refractivity contribution in [3.8, 4) is 17.5 Å². The molecule has 0 aliphatic carbocycles. The molecule has 0 spiro atoms. The number of furan rings is 1. The summed E-state index contributed by atoms with van der Waals surface area (Å²) in [5.41, 5.74) is 0.0962. The second kappa shape index (κ2) is 7.72. The summed E-state index contributed by atoms with van der Waals surface area (Å²) >= 11 is 0. The number of nitro benzene ring substituents is 1. The number of anilines is 1. The van der Waals surface area contributed by atoms with Crippen molar-refractivity contribution in [2.45, 2.75) is 6.04 Å². The number of likely N-dealkylation sites (N-methyl/N-ethyl adjacent to an activating group) is 1. The van der Waals surface area contributed by atoms with Crippen molar-refractivity contribution in [3.05, 3.63) is 64.2 Å². The number of oxazole rings is 1. The predicted molar refractivity (Wildman–Crippen MR) is 96.9 cm³/mol. The fraction of sp³-hybridized carbons (Fsp3) is 0.222. The first-order chi connectivity index (χ1) is 13.0. The van der Waals surface area contributed by atoms with Crippen LogP contribution in [0.15, 0.2) is 51.5 Å². The van der Waals surface area contributed by atoms with Gasteiger partial charge in [0.05, 0.1) is 17.2 Å². The highest BCUT2D eigenvalue weighted by atomic mass is 16.6. The number of nitro groups is 1. The summed E-state index contributed by atoms with van der Waals surface area (Å²) in [5, 5.41) is 23.6. The highest BCUT2D eigenvalue weighted by Gasteiger charge is 2.23. The van der Waals surface area contributed by atoms with Gasteiger partial charge in [-0.15, -0.1) is 0 Å². The van der Waals surface area contributed by atoms with Crippen LogP contribution in [0, 0.1) is 21.4 Å². The van der Waals surface area contributed by atoms with Crippen molar-refractivity contribution in [3.63, 3.8) is 0 Å². The Hall–Kier alpha value is -3.64. The number of nitriles is 1. The van der Waals surface area contributed by atoms with E-state index in [1.807, 2.05) is 31.1 Å². The van der Waals surface area contributed by atoms with Crippen LogP contribution in [0.2, 0.25) is 0 Å². The molecular weight excluding hydrogens is 350 g/mol. The van der Waals surface area contributed by atoms with E-state index in [9.17, 15) is 15.4 Å². The molecule has 0 saturated heterocycles. The topological polar surface area (TPSA) is 121 Å². The Labute approximate surface area is 155 Å². The quantitative estimate of drug-likeness (QED) is 0.498. The molecule has 0 fully saturated rings. The van der Waals surface area contributed by atoms with Gasteiger partial charge in [-0.1, -0.05) is 12.1 Å². The summed E-state index contributed by atoms with van der Waals surface area (Å²) < 4.78 is 11.1. The molecule has 0 amide bonds. The lowest BCUT2D eigenvalue weighted by Crippen LogP contribution is -2.26. The van der Waals surface area contributed by atoms with Crippen LogP contribution in [0.1, 0.15) is 17.5 Å². The van der Waals surface area contributed by atoms with Gasteiger partial charge in [-0.25, -0.2) is 0 Å². The molecule has 0 aliphatic heterocycles. The molecule has 9 heteroatoms. The van der Waals surface area contributed by atoms with E-state index < -0.39 is 4.92 Å². The number of rotatable bonds is 7. The standard InChI is InChI=1S/C18H17N5O4/c1-22(2)15(16-8-5-9-26-16)11-20-18-13(10-19)21-17(27-18)12-6-3-4-7-14(12)23(24)25/h3-9,15,20H,11H2,1-2H3. The lowest BCUT2D eigenvalue weighted by Gasteiger charge is -2.22. The minimum absolute atomic E-state index is 0.0146. The van der Waals surface area contributed by atoms with Gasteiger partial charge < -0.3 is 14.2 Å². The first-order valence-corrected chi connectivity index (χ1v) is 8.09. The molecule has 27 heavy (non-hydrogen) atoms. The molecule has 3 rings (SSSR count). The van der Waals surface area contributed by atoms with Crippen molar-refractivity contribution in [1.82, 2.24) is 9.88 Å². The van der Waals surface area contributed by atoms with Crippen molar-refractivity contribution < 1.29 is 13.8 Å². The molecule has 9 nitrogen and oxygen atoms in total. The molecule has 0 bridgehead atoms. The Morgan fingerprint density at radius 1 is 1.33 bits per heavy atom. The number of aromatic nitrogens is 1. The van der Waals surface area contributed by atoms with E-state index in [0.29, 0.717) is 6.54 Å². The van der Waals surface area contributed by atoms with Crippen LogP contribution in [0.25, 0.3) is 11.5 Å². The molecular formula is C18H17N5O4. The van der Waals surface area contributed by atoms with E-state index in [1.165, 1.54) is 12.1 Å². The van der Waals surface area contributed by atoms with E-state index >= 15 is 0 Å². The second-order valence-corrected chi connectivity index (χ2v) is 5.96. The van der Waals surface area contributed by atoms with Crippen LogP contribution in [0.3, 0.4) is 0 Å². The van der Waals surface area contributed by atoms with Gasteiger partial charge in [-0.05, 0) is 32.3 Å². The fourth-order valence-electron chi connectivity index (χ4n) is 2.65. The fourth-order valence-corrected chi connectivity index (χ4v) is 2.65. The number of hydrogen-bond donors (Lipinski definition) is 1. The Balaban J connectivity index is 1.88. The summed E-state index contributed by atoms with van der Waals surface area (Å²) in [6, 6.07) is 11.6. The summed E-state index contributed by atoms with van der Waals surface area (Å²) in [6.07, 6.45) is 1.59. The highest BCUT2D eigenvalue weighted by Crippen LogP contribution is 2.32. The molecule has 138 valence electrons. The molecule has 1 N–H and O–H groups in total. The largest absolute Gasteiger partial charge is 0.468 e. The Bertz CT molecular complexity index is 972. The SMILES string of the molecule is CN(C)C(CNc1oc(-c2ccccc2[N+](=O)[O-])nc1C#N)c1ccco1. The maximum absolute atomic E-state index is 11.2. The van der Waals surface area contributed by atoms with E-state index in [-0.39, 0.29) is 34.8 Å². The monoisotopic (exact) mass is 367 g/mol. The van der Waals surface area contributed by atoms with Gasteiger partial charge in [0, 0.05) is 12.6 Å². The smallest absolute Gasteiger partial charge is 0.282 e. The molecule has 0 saturated carbocycles. The lowest BCUT2D eigenvalue weighted by atomic mass is 10.2. The van der Waals surface area contributed by atoms with Crippen molar-refractivity contribution in [2.75, 3.05) is 26.0 Å². The van der Waals surface area contributed by atoms with Gasteiger partial charge in [0.15, 0.2) is 0 Å². The van der Waals surface area contributed by atoms with E-state index in [2.05, 4.69) is 10.3 Å². The summed E-state index contributed by atoms with van der Waals surface area (Å²) in [6.45, 7) is 0.390. The molecule has 1 aromatic carbocycles. The van der Waals surface area contributed by atoms with Crippen molar-refractivity contribution in [1.29, 1.82) is 5.26 Å². The summed E-state index contributed by atoms with van der Waals surface area (Å²) in [5.74, 6) is 0.925. The van der Waals surface area contributed by atoms with Gasteiger partial charge in [0.1, 0.15) is 17.4 Å². The van der Waals surface area contributed by atoms with Gasteiger partial charge in [-0.2, -0.15) is 10.2 Å². The van der Waals surface area contributed by atoms with Gasteiger partial charge in [0.2, 0.25) is 17.5 Å². The Kier molecular flexibility index (Phi) is 5.19. The van der Waals surface area contributed by atoms with Gasteiger partial charge in [-0.3, -0.25) is 15.0 Å². The summed E-state index contributed by atoms with van der Waals surface area (Å²) in [7, 11) is 3.80.